The summed E-state index contributed by atoms with van der Waals surface area (Å²) in [6.07, 6.45) is 3.82. The Hall–Kier alpha value is -3.54. The molecule has 0 aliphatic rings. The number of hydrogen-bond donors (Lipinski definition) is 1. The highest BCUT2D eigenvalue weighted by Gasteiger charge is 2.10. The van der Waals surface area contributed by atoms with Crippen molar-refractivity contribution >= 4 is 5.82 Å². The van der Waals surface area contributed by atoms with E-state index in [0.29, 0.717) is 24.4 Å². The molecule has 0 amide bonds. The third kappa shape index (κ3) is 4.23. The summed E-state index contributed by atoms with van der Waals surface area (Å²) in [5, 5.41) is 4.13. The smallest absolute Gasteiger partial charge is 0.213 e. The van der Waals surface area contributed by atoms with Crippen LogP contribution in [0.5, 0.6) is 0 Å². The van der Waals surface area contributed by atoms with Crippen molar-refractivity contribution in [2.75, 3.05) is 5.73 Å². The first kappa shape index (κ1) is 17.9. The summed E-state index contributed by atoms with van der Waals surface area (Å²) in [4.78, 5) is 7.96. The van der Waals surface area contributed by atoms with Crippen LogP contribution in [0, 0.1) is 5.95 Å². The molecule has 3 heterocycles. The standard InChI is InChI=1S/C22H19FN4O/c23-21-5-1-3-17(26-21)11-10-15-6-8-16(9-7-15)13-18-14-20(28-27-18)19-4-2-12-25-22(19)24/h1-9,12,14H,10-11,13H2,(H2,24,25). The highest BCUT2D eigenvalue weighted by Crippen LogP contribution is 2.25. The lowest BCUT2D eigenvalue weighted by atomic mass is 10.0. The first-order valence-electron chi connectivity index (χ1n) is 9.03. The van der Waals surface area contributed by atoms with Gasteiger partial charge in [-0.3, -0.25) is 0 Å². The summed E-state index contributed by atoms with van der Waals surface area (Å²) in [5.74, 6) is 0.593. The summed E-state index contributed by atoms with van der Waals surface area (Å²) >= 11 is 0. The molecule has 5 nitrogen and oxygen atoms in total. The summed E-state index contributed by atoms with van der Waals surface area (Å²) < 4.78 is 18.6. The van der Waals surface area contributed by atoms with E-state index in [2.05, 4.69) is 39.4 Å². The number of halogens is 1. The zero-order valence-electron chi connectivity index (χ0n) is 15.2. The fraction of sp³-hybridized carbons (Fsp3) is 0.136. The minimum absolute atomic E-state index is 0.419. The van der Waals surface area contributed by atoms with Crippen molar-refractivity contribution in [1.29, 1.82) is 0 Å². The zero-order valence-corrected chi connectivity index (χ0v) is 15.2. The number of aromatic nitrogens is 3. The Kier molecular flexibility index (Phi) is 5.10. The van der Waals surface area contributed by atoms with Gasteiger partial charge in [-0.25, -0.2) is 9.97 Å². The van der Waals surface area contributed by atoms with Crippen LogP contribution in [0.4, 0.5) is 10.2 Å². The highest BCUT2D eigenvalue weighted by molar-refractivity contribution is 5.69. The molecule has 140 valence electrons. The maximum Gasteiger partial charge on any atom is 0.213 e. The van der Waals surface area contributed by atoms with Crippen molar-refractivity contribution in [2.45, 2.75) is 19.3 Å². The first-order valence-corrected chi connectivity index (χ1v) is 9.03. The van der Waals surface area contributed by atoms with Gasteiger partial charge in [-0.15, -0.1) is 0 Å². The summed E-state index contributed by atoms with van der Waals surface area (Å²) in [6, 6.07) is 18.7. The van der Waals surface area contributed by atoms with Crippen LogP contribution >= 0.6 is 0 Å². The fourth-order valence-electron chi connectivity index (χ4n) is 3.04. The Morgan fingerprint density at radius 3 is 2.50 bits per heavy atom. The van der Waals surface area contributed by atoms with Crippen LogP contribution in [-0.2, 0) is 19.3 Å². The van der Waals surface area contributed by atoms with E-state index < -0.39 is 5.95 Å². The third-order valence-corrected chi connectivity index (χ3v) is 4.51. The molecule has 0 unspecified atom stereocenters. The molecular weight excluding hydrogens is 355 g/mol. The van der Waals surface area contributed by atoms with Gasteiger partial charge in [0.15, 0.2) is 5.76 Å². The average molecular weight is 374 g/mol. The fourth-order valence-corrected chi connectivity index (χ4v) is 3.04. The number of nitrogens with zero attached hydrogens (tertiary/aromatic N) is 3. The number of pyridine rings is 2. The van der Waals surface area contributed by atoms with Crippen LogP contribution in [0.3, 0.4) is 0 Å². The van der Waals surface area contributed by atoms with E-state index in [-0.39, 0.29) is 0 Å². The van der Waals surface area contributed by atoms with Crippen LogP contribution in [0.2, 0.25) is 0 Å². The Morgan fingerprint density at radius 1 is 0.893 bits per heavy atom. The number of anilines is 1. The van der Waals surface area contributed by atoms with Crippen LogP contribution in [0.25, 0.3) is 11.3 Å². The second kappa shape index (κ2) is 8.00. The molecule has 0 aliphatic carbocycles. The summed E-state index contributed by atoms with van der Waals surface area (Å²) in [7, 11) is 0. The zero-order chi connectivity index (χ0) is 19.3. The number of aryl methyl sites for hydroxylation is 2. The van der Waals surface area contributed by atoms with Crippen LogP contribution in [0.15, 0.2) is 71.4 Å². The molecule has 6 heteroatoms. The van der Waals surface area contributed by atoms with Crippen LogP contribution in [-0.4, -0.2) is 15.1 Å². The highest BCUT2D eigenvalue weighted by atomic mass is 19.1. The van der Waals surface area contributed by atoms with Crippen molar-refractivity contribution in [3.63, 3.8) is 0 Å². The van der Waals surface area contributed by atoms with E-state index in [0.717, 1.165) is 28.9 Å². The number of hydrogen-bond acceptors (Lipinski definition) is 5. The molecule has 0 atom stereocenters. The summed E-state index contributed by atoms with van der Waals surface area (Å²) in [5.41, 5.74) is 10.5. The largest absolute Gasteiger partial charge is 0.383 e. The molecular formula is C22H19FN4O. The van der Waals surface area contributed by atoms with Gasteiger partial charge in [0.2, 0.25) is 5.95 Å². The Balaban J connectivity index is 1.39. The average Bonchev–Trinajstić information content (AvgIpc) is 3.16. The van der Waals surface area contributed by atoms with E-state index in [9.17, 15) is 4.39 Å². The van der Waals surface area contributed by atoms with E-state index in [4.69, 9.17) is 10.3 Å². The van der Waals surface area contributed by atoms with E-state index in [1.54, 1.807) is 12.3 Å². The summed E-state index contributed by atoms with van der Waals surface area (Å²) in [6.45, 7) is 0. The lowest BCUT2D eigenvalue weighted by molar-refractivity contribution is 0.425. The monoisotopic (exact) mass is 374 g/mol. The van der Waals surface area contributed by atoms with Crippen LogP contribution < -0.4 is 5.73 Å². The van der Waals surface area contributed by atoms with Gasteiger partial charge < -0.3 is 10.3 Å². The van der Waals surface area contributed by atoms with Crippen molar-refractivity contribution in [2.24, 2.45) is 0 Å². The minimum atomic E-state index is -0.437. The molecule has 0 aliphatic heterocycles. The molecule has 0 fully saturated rings. The molecule has 0 saturated carbocycles. The first-order chi connectivity index (χ1) is 13.7. The Morgan fingerprint density at radius 2 is 1.71 bits per heavy atom. The molecule has 4 rings (SSSR count). The topological polar surface area (TPSA) is 77.8 Å². The second-order valence-electron chi connectivity index (χ2n) is 6.56. The third-order valence-electron chi connectivity index (χ3n) is 4.51. The van der Waals surface area contributed by atoms with Crippen molar-refractivity contribution in [3.8, 4) is 11.3 Å². The van der Waals surface area contributed by atoms with E-state index >= 15 is 0 Å². The van der Waals surface area contributed by atoms with Crippen molar-refractivity contribution < 1.29 is 8.91 Å². The second-order valence-corrected chi connectivity index (χ2v) is 6.56. The lowest BCUT2D eigenvalue weighted by Crippen LogP contribution is -1.96. The molecule has 28 heavy (non-hydrogen) atoms. The quantitative estimate of drug-likeness (QED) is 0.511. The lowest BCUT2D eigenvalue weighted by Gasteiger charge is -2.04. The number of nitrogen functional groups attached to an aromatic ring is 1. The number of nitrogens with two attached hydrogens (primary N) is 1. The maximum atomic E-state index is 13.1. The van der Waals surface area contributed by atoms with Gasteiger partial charge in [0.25, 0.3) is 0 Å². The Bertz CT molecular complexity index is 1080. The van der Waals surface area contributed by atoms with Gasteiger partial charge in [0.05, 0.1) is 11.3 Å². The molecule has 2 N–H and O–H groups in total. The number of rotatable bonds is 6. The van der Waals surface area contributed by atoms with Gasteiger partial charge in [-0.2, -0.15) is 4.39 Å². The minimum Gasteiger partial charge on any atom is -0.383 e. The molecule has 0 saturated heterocycles. The number of benzene rings is 1. The maximum absolute atomic E-state index is 13.1. The molecule has 1 aromatic carbocycles. The Labute approximate surface area is 162 Å². The predicted octanol–water partition coefficient (Wildman–Crippen LogP) is 4.23. The molecule has 0 bridgehead atoms. The van der Waals surface area contributed by atoms with Crippen LogP contribution in [0.1, 0.15) is 22.5 Å². The normalized spacial score (nSPS) is 10.9. The van der Waals surface area contributed by atoms with Gasteiger partial charge in [0, 0.05) is 24.4 Å². The van der Waals surface area contributed by atoms with Gasteiger partial charge >= 0.3 is 0 Å². The van der Waals surface area contributed by atoms with E-state index in [1.165, 1.54) is 11.6 Å². The van der Waals surface area contributed by atoms with Crippen molar-refractivity contribution in [1.82, 2.24) is 15.1 Å². The van der Waals surface area contributed by atoms with Gasteiger partial charge in [0.1, 0.15) is 5.82 Å². The van der Waals surface area contributed by atoms with Gasteiger partial charge in [-0.1, -0.05) is 35.5 Å². The molecule has 0 spiro atoms. The molecule has 0 radical (unpaired) electrons. The molecule has 3 aromatic heterocycles. The SMILES string of the molecule is Nc1ncccc1-c1cc(Cc2ccc(CCc3cccc(F)n3)cc2)no1. The molecule has 4 aromatic rings. The van der Waals surface area contributed by atoms with Crippen molar-refractivity contribution in [3.05, 3.63) is 95.3 Å². The van der Waals surface area contributed by atoms with E-state index in [1.807, 2.05) is 24.3 Å². The predicted molar refractivity (Wildman–Crippen MR) is 105 cm³/mol. The van der Waals surface area contributed by atoms with Gasteiger partial charge in [-0.05, 0) is 48.2 Å².